The van der Waals surface area contributed by atoms with Crippen molar-refractivity contribution in [1.29, 1.82) is 0 Å². The fraction of sp³-hybridized carbons (Fsp3) is 0.240. The quantitative estimate of drug-likeness (QED) is 0.149. The average molecular weight is 915 g/mol. The smallest absolute Gasteiger partial charge is 0.339 e. The van der Waals surface area contributed by atoms with Gasteiger partial charge in [-0.2, -0.15) is 0 Å². The monoisotopic (exact) mass is 914 g/mol. The highest BCUT2D eigenvalue weighted by Crippen LogP contribution is 2.44. The molecule has 0 unspecified atom stereocenters. The van der Waals surface area contributed by atoms with Crippen LogP contribution in [0.25, 0.3) is 22.3 Å². The zero-order valence-electron chi connectivity index (χ0n) is 36.7. The summed E-state index contributed by atoms with van der Waals surface area (Å²) in [5.41, 5.74) is 3.16. The highest BCUT2D eigenvalue weighted by Gasteiger charge is 2.61. The third-order valence-electron chi connectivity index (χ3n) is 12.9. The fourth-order valence-corrected chi connectivity index (χ4v) is 9.54. The summed E-state index contributed by atoms with van der Waals surface area (Å²) in [6.07, 6.45) is 8.70. The first-order chi connectivity index (χ1) is 33.0. The number of hydrogen-bond donors (Lipinski definition) is 2. The maximum absolute atomic E-state index is 13.8. The van der Waals surface area contributed by atoms with Crippen LogP contribution in [0.4, 0.5) is 32.6 Å². The van der Waals surface area contributed by atoms with E-state index in [4.69, 9.17) is 10.2 Å². The number of anilines is 4. The molecule has 6 amide bonds. The summed E-state index contributed by atoms with van der Waals surface area (Å²) in [4.78, 5) is 103. The lowest BCUT2D eigenvalue weighted by Gasteiger charge is -2.41. The van der Waals surface area contributed by atoms with Gasteiger partial charge in [0, 0.05) is 38.6 Å². The number of hydrogen-bond acceptors (Lipinski definition) is 12. The Balaban J connectivity index is 0.000000170. The number of aliphatic carboxylic acids is 2. The number of imide groups is 2. The number of carboxylic acid groups (broad SMARTS) is 2. The molecule has 0 radical (unpaired) electrons. The maximum atomic E-state index is 13.8. The number of amides is 6. The van der Waals surface area contributed by atoms with E-state index in [1.165, 1.54) is 50.7 Å². The number of benzene rings is 4. The predicted molar refractivity (Wildman–Crippen MR) is 251 cm³/mol. The number of aromatic nitrogens is 4. The minimum atomic E-state index is -1.16. The number of likely N-dealkylation sites (tertiary alicyclic amines) is 2. The van der Waals surface area contributed by atoms with E-state index in [-0.39, 0.29) is 30.9 Å². The molecule has 18 nitrogen and oxygen atoms in total. The van der Waals surface area contributed by atoms with Crippen LogP contribution in [-0.2, 0) is 19.2 Å². The topological polar surface area (TPSA) is 214 Å². The second kappa shape index (κ2) is 18.9. The van der Waals surface area contributed by atoms with Crippen molar-refractivity contribution in [2.24, 2.45) is 0 Å². The third kappa shape index (κ3) is 8.53. The number of piperidine rings is 2. The van der Waals surface area contributed by atoms with Gasteiger partial charge < -0.3 is 10.2 Å². The molecule has 18 heteroatoms. The Morgan fingerprint density at radius 2 is 0.868 bits per heavy atom. The molecule has 2 aromatic heterocycles. The molecule has 6 heterocycles. The van der Waals surface area contributed by atoms with Gasteiger partial charge in [-0.3, -0.25) is 33.9 Å². The Kier molecular flexibility index (Phi) is 12.5. The zero-order valence-corrected chi connectivity index (χ0v) is 36.7. The zero-order chi connectivity index (χ0) is 47.4. The molecule has 4 fully saturated rings. The summed E-state index contributed by atoms with van der Waals surface area (Å²) in [7, 11) is 0. The molecule has 344 valence electrons. The maximum Gasteiger partial charge on any atom is 0.339 e. The van der Waals surface area contributed by atoms with Gasteiger partial charge in [0.2, 0.25) is 5.95 Å². The first kappa shape index (κ1) is 45.0. The lowest BCUT2D eigenvalue weighted by Crippen LogP contribution is -2.57. The summed E-state index contributed by atoms with van der Waals surface area (Å²) in [6.45, 7) is 1.31. The fourth-order valence-electron chi connectivity index (χ4n) is 9.54. The highest BCUT2D eigenvalue weighted by molar-refractivity contribution is 6.31. The number of rotatable bonds is 10. The van der Waals surface area contributed by atoms with Crippen LogP contribution in [-0.4, -0.2) is 126 Å². The van der Waals surface area contributed by atoms with Crippen molar-refractivity contribution < 1.29 is 39.0 Å². The van der Waals surface area contributed by atoms with E-state index in [9.17, 15) is 28.8 Å². The first-order valence-corrected chi connectivity index (χ1v) is 22.1. The van der Waals surface area contributed by atoms with Crippen molar-refractivity contribution in [3.8, 4) is 22.3 Å². The van der Waals surface area contributed by atoms with Crippen LogP contribution in [0.5, 0.6) is 0 Å². The van der Waals surface area contributed by atoms with Gasteiger partial charge in [0.05, 0.1) is 42.5 Å². The number of carbonyl (C=O) groups is 6. The van der Waals surface area contributed by atoms with Gasteiger partial charge in [-0.05, 0) is 78.3 Å². The SMILES string of the molecule is O=C(O)CN1CCC2(CC1)C(=O)N(c1ccc(-c3ccccc3)cc1)C(=O)N2c1cncnc1.O=C(O)CN1CCC2(CC1)C(=O)N(c1ccc(-c3ccccc3)cc1)C(=O)N2c1ncccn1. The van der Waals surface area contributed by atoms with Crippen molar-refractivity contribution in [1.82, 2.24) is 29.7 Å². The van der Waals surface area contributed by atoms with Crippen LogP contribution in [0.3, 0.4) is 0 Å². The second-order valence-electron chi connectivity index (χ2n) is 16.9. The number of carboxylic acids is 2. The van der Waals surface area contributed by atoms with Crippen LogP contribution in [0, 0.1) is 0 Å². The Labute approximate surface area is 390 Å². The van der Waals surface area contributed by atoms with Crippen molar-refractivity contribution in [2.45, 2.75) is 36.8 Å². The van der Waals surface area contributed by atoms with E-state index in [2.05, 4.69) is 19.9 Å². The van der Waals surface area contributed by atoms with Gasteiger partial charge in [0.25, 0.3) is 11.8 Å². The molecular formula is C50H46N10O8. The molecule has 68 heavy (non-hydrogen) atoms. The predicted octanol–water partition coefficient (Wildman–Crippen LogP) is 6.07. The molecule has 0 atom stereocenters. The minimum Gasteiger partial charge on any atom is -0.480 e. The second-order valence-corrected chi connectivity index (χ2v) is 16.9. The van der Waals surface area contributed by atoms with Crippen molar-refractivity contribution in [3.63, 3.8) is 0 Å². The normalized spacial score (nSPS) is 18.0. The van der Waals surface area contributed by atoms with Crippen molar-refractivity contribution in [2.75, 3.05) is 58.9 Å². The number of urea groups is 2. The Morgan fingerprint density at radius 1 is 0.485 bits per heavy atom. The lowest BCUT2D eigenvalue weighted by atomic mass is 9.85. The lowest BCUT2D eigenvalue weighted by molar-refractivity contribution is -0.140. The molecule has 4 aromatic carbocycles. The number of carbonyl (C=O) groups excluding carboxylic acids is 4. The van der Waals surface area contributed by atoms with E-state index in [1.54, 1.807) is 40.1 Å². The van der Waals surface area contributed by atoms with Crippen molar-refractivity contribution in [3.05, 3.63) is 146 Å². The largest absolute Gasteiger partial charge is 0.480 e. The summed E-state index contributed by atoms with van der Waals surface area (Å²) in [6, 6.07) is 35.0. The minimum absolute atomic E-state index is 0.0999. The summed E-state index contributed by atoms with van der Waals surface area (Å²) < 4.78 is 0. The Hall–Kier alpha value is -8.22. The van der Waals surface area contributed by atoms with E-state index in [0.29, 0.717) is 68.9 Å². The third-order valence-corrected chi connectivity index (χ3v) is 12.9. The molecule has 6 aromatic rings. The summed E-state index contributed by atoms with van der Waals surface area (Å²) in [5.74, 6) is -2.33. The summed E-state index contributed by atoms with van der Waals surface area (Å²) >= 11 is 0. The molecule has 4 aliphatic heterocycles. The molecule has 4 aliphatic rings. The molecule has 2 N–H and O–H groups in total. The van der Waals surface area contributed by atoms with Crippen LogP contribution < -0.4 is 19.6 Å². The van der Waals surface area contributed by atoms with Crippen LogP contribution >= 0.6 is 0 Å². The molecule has 10 rings (SSSR count). The Morgan fingerprint density at radius 3 is 1.28 bits per heavy atom. The average Bonchev–Trinajstić information content (AvgIpc) is 3.71. The van der Waals surface area contributed by atoms with E-state index >= 15 is 0 Å². The molecule has 4 saturated heterocycles. The molecule has 2 spiro atoms. The Bertz CT molecular complexity index is 2610. The molecule has 0 saturated carbocycles. The van der Waals surface area contributed by atoms with E-state index < -0.39 is 35.1 Å². The summed E-state index contributed by atoms with van der Waals surface area (Å²) in [5, 5.41) is 18.3. The first-order valence-electron chi connectivity index (χ1n) is 22.1. The van der Waals surface area contributed by atoms with Crippen LogP contribution in [0.15, 0.2) is 146 Å². The van der Waals surface area contributed by atoms with Gasteiger partial charge >= 0.3 is 24.0 Å². The standard InChI is InChI=1S/2C25H23N5O4/c31-21(32)17-28-15-11-25(12-16-28)22(33)29(24(34)30(25)23-26-13-4-14-27-23)20-9-7-19(8-10-20)18-5-2-1-3-6-18;31-22(32)16-28-12-10-25(11-13-28)23(33)29(24(34)30(25)21-14-26-17-27-15-21)20-8-6-19(7-9-20)18-4-2-1-3-5-18/h1-10,13-14H,11-12,15-17H2,(H,31,32);1-9,14-15,17H,10-13,16H2,(H,31,32). The van der Waals surface area contributed by atoms with Crippen LogP contribution in [0.1, 0.15) is 25.7 Å². The molecule has 0 aliphatic carbocycles. The number of nitrogens with zero attached hydrogens (tertiary/aromatic N) is 10. The van der Waals surface area contributed by atoms with Gasteiger partial charge in [-0.25, -0.2) is 44.2 Å². The van der Waals surface area contributed by atoms with Gasteiger partial charge in [0.1, 0.15) is 17.4 Å². The van der Waals surface area contributed by atoms with Gasteiger partial charge in [-0.15, -0.1) is 0 Å². The molecule has 0 bridgehead atoms. The van der Waals surface area contributed by atoms with E-state index in [0.717, 1.165) is 22.3 Å². The van der Waals surface area contributed by atoms with Crippen molar-refractivity contribution >= 4 is 58.8 Å². The highest BCUT2D eigenvalue weighted by atomic mass is 16.4. The van der Waals surface area contributed by atoms with Gasteiger partial charge in [-0.1, -0.05) is 84.9 Å². The molecular weight excluding hydrogens is 869 g/mol. The van der Waals surface area contributed by atoms with Gasteiger partial charge in [0.15, 0.2) is 0 Å². The van der Waals surface area contributed by atoms with Crippen LogP contribution in [0.2, 0.25) is 0 Å². The van der Waals surface area contributed by atoms with E-state index in [1.807, 2.05) is 84.9 Å².